The number of hydrogen-bond acceptors (Lipinski definition) is 3. The largest absolute Gasteiger partial charge is 0.303 e. The summed E-state index contributed by atoms with van der Waals surface area (Å²) in [6.07, 6.45) is 0.485. The van der Waals surface area contributed by atoms with Gasteiger partial charge in [-0.3, -0.25) is 4.79 Å². The second-order valence-corrected chi connectivity index (χ2v) is 1.41. The lowest BCUT2D eigenvalue weighted by molar-refractivity contribution is -0.112. The van der Waals surface area contributed by atoms with Gasteiger partial charge in [-0.1, -0.05) is 0 Å². The molecule has 0 fully saturated rings. The molecule has 1 N–H and O–H groups in total. The first-order chi connectivity index (χ1) is 3.68. The third kappa shape index (κ3) is 2.23. The molecule has 0 aromatic heterocycles. The molecule has 44 valence electrons. The van der Waals surface area contributed by atoms with E-state index in [1.807, 2.05) is 0 Å². The van der Waals surface area contributed by atoms with Crippen LogP contribution in [-0.2, 0) is 9.59 Å². The Balaban J connectivity index is 3.65. The fraction of sp³-hybridized carbons (Fsp3) is 0.400. The zero-order valence-corrected chi connectivity index (χ0v) is 4.60. The van der Waals surface area contributed by atoms with Crippen LogP contribution in [0.1, 0.15) is 13.3 Å². The van der Waals surface area contributed by atoms with Gasteiger partial charge in [0.2, 0.25) is 0 Å². The number of nitrogens with one attached hydrogen (secondary N) is 1. The van der Waals surface area contributed by atoms with Crippen molar-refractivity contribution in [2.45, 2.75) is 13.3 Å². The molecular formula is C5H7NO2. The minimum absolute atomic E-state index is 0.0602. The molecule has 0 aromatic rings. The molecule has 0 rings (SSSR count). The first-order valence-electron chi connectivity index (χ1n) is 2.20. The lowest BCUT2D eigenvalue weighted by Gasteiger charge is -1.86. The summed E-state index contributed by atoms with van der Waals surface area (Å²) in [6.45, 7) is 1.27. The molecule has 0 aliphatic carbocycles. The van der Waals surface area contributed by atoms with Gasteiger partial charge < -0.3 is 10.2 Å². The highest BCUT2D eigenvalue weighted by Crippen LogP contribution is 1.78. The molecule has 0 aromatic carbocycles. The van der Waals surface area contributed by atoms with E-state index >= 15 is 0 Å². The molecule has 0 bridgehead atoms. The van der Waals surface area contributed by atoms with Crippen LogP contribution in [0, 0.1) is 5.41 Å². The smallest absolute Gasteiger partial charge is 0.173 e. The molecular weight excluding hydrogens is 106 g/mol. The van der Waals surface area contributed by atoms with Crippen molar-refractivity contribution in [1.29, 1.82) is 5.41 Å². The van der Waals surface area contributed by atoms with E-state index in [2.05, 4.69) is 0 Å². The summed E-state index contributed by atoms with van der Waals surface area (Å²) in [5.74, 6) is -0.336. The van der Waals surface area contributed by atoms with Crippen LogP contribution in [0.15, 0.2) is 0 Å². The van der Waals surface area contributed by atoms with E-state index in [-0.39, 0.29) is 17.9 Å². The van der Waals surface area contributed by atoms with Gasteiger partial charge in [-0.25, -0.2) is 0 Å². The summed E-state index contributed by atoms with van der Waals surface area (Å²) < 4.78 is 0. The fourth-order valence-electron chi connectivity index (χ4n) is 0.227. The van der Waals surface area contributed by atoms with E-state index in [9.17, 15) is 9.59 Å². The number of Topliss-reactive ketones (excluding diaryl/α,β-unsaturated/α-hetero) is 1. The van der Waals surface area contributed by atoms with Crippen molar-refractivity contribution in [3.63, 3.8) is 0 Å². The summed E-state index contributed by atoms with van der Waals surface area (Å²) in [6, 6.07) is 0. The highest BCUT2D eigenvalue weighted by molar-refractivity contribution is 6.39. The van der Waals surface area contributed by atoms with Crippen LogP contribution in [0.2, 0.25) is 0 Å². The first kappa shape index (κ1) is 7.01. The average Bonchev–Trinajstić information content (AvgIpc) is 1.67. The summed E-state index contributed by atoms with van der Waals surface area (Å²) in [5, 5.41) is 6.76. The van der Waals surface area contributed by atoms with Crippen molar-refractivity contribution in [3.05, 3.63) is 0 Å². The maximum absolute atomic E-state index is 10.2. The molecule has 0 saturated carbocycles. The summed E-state index contributed by atoms with van der Waals surface area (Å²) in [7, 11) is 0. The summed E-state index contributed by atoms with van der Waals surface area (Å²) >= 11 is 0. The highest BCUT2D eigenvalue weighted by Gasteiger charge is 1.98. The van der Waals surface area contributed by atoms with Crippen molar-refractivity contribution < 1.29 is 9.59 Å². The zero-order valence-electron chi connectivity index (χ0n) is 4.60. The molecule has 0 aliphatic rings. The number of ketones is 1. The third-order valence-corrected chi connectivity index (χ3v) is 0.712. The summed E-state index contributed by atoms with van der Waals surface area (Å²) in [4.78, 5) is 19.8. The van der Waals surface area contributed by atoms with Gasteiger partial charge in [0.15, 0.2) is 5.78 Å². The van der Waals surface area contributed by atoms with Gasteiger partial charge in [-0.2, -0.15) is 0 Å². The van der Waals surface area contributed by atoms with Crippen LogP contribution in [0.25, 0.3) is 0 Å². The predicted octanol–water partition coefficient (Wildman–Crippen LogP) is 0.184. The monoisotopic (exact) mass is 113 g/mol. The lowest BCUT2D eigenvalue weighted by Crippen LogP contribution is -2.07. The third-order valence-electron chi connectivity index (χ3n) is 0.712. The van der Waals surface area contributed by atoms with Gasteiger partial charge in [-0.15, -0.1) is 0 Å². The maximum atomic E-state index is 10.2. The van der Waals surface area contributed by atoms with Gasteiger partial charge in [0.25, 0.3) is 0 Å². The molecule has 3 nitrogen and oxygen atoms in total. The molecule has 0 atom stereocenters. The molecule has 0 amide bonds. The van der Waals surface area contributed by atoms with Crippen LogP contribution in [0.3, 0.4) is 0 Å². The van der Waals surface area contributed by atoms with Gasteiger partial charge in [-0.05, 0) is 0 Å². The number of hydrogen-bond donors (Lipinski definition) is 1. The van der Waals surface area contributed by atoms with Crippen molar-refractivity contribution in [2.24, 2.45) is 0 Å². The van der Waals surface area contributed by atoms with Crippen LogP contribution < -0.4 is 0 Å². The van der Waals surface area contributed by atoms with Crippen molar-refractivity contribution in [3.8, 4) is 0 Å². The Morgan fingerprint density at radius 2 is 2.25 bits per heavy atom. The van der Waals surface area contributed by atoms with Crippen LogP contribution in [-0.4, -0.2) is 17.8 Å². The van der Waals surface area contributed by atoms with Crippen molar-refractivity contribution in [1.82, 2.24) is 0 Å². The quantitative estimate of drug-likeness (QED) is 0.419. The van der Waals surface area contributed by atoms with Crippen LogP contribution >= 0.6 is 0 Å². The van der Waals surface area contributed by atoms with E-state index < -0.39 is 0 Å². The standard InChI is InChI=1S/C5H7NO2/c1-4(8)5(6)2-3-7/h3,6H,2H2,1H3. The minimum Gasteiger partial charge on any atom is -0.303 e. The topological polar surface area (TPSA) is 58.0 Å². The average molecular weight is 113 g/mol. The van der Waals surface area contributed by atoms with Crippen molar-refractivity contribution in [2.75, 3.05) is 0 Å². The zero-order chi connectivity index (χ0) is 6.57. The van der Waals surface area contributed by atoms with Gasteiger partial charge in [0, 0.05) is 13.3 Å². The Morgan fingerprint density at radius 1 is 1.75 bits per heavy atom. The van der Waals surface area contributed by atoms with Gasteiger partial charge in [0.1, 0.15) is 6.29 Å². The molecule has 0 heterocycles. The van der Waals surface area contributed by atoms with Crippen molar-refractivity contribution >= 4 is 17.8 Å². The van der Waals surface area contributed by atoms with E-state index in [0.29, 0.717) is 6.29 Å². The van der Waals surface area contributed by atoms with E-state index in [4.69, 9.17) is 5.41 Å². The normalized spacial score (nSPS) is 8.12. The molecule has 3 heteroatoms. The second-order valence-electron chi connectivity index (χ2n) is 1.41. The molecule has 0 spiro atoms. The molecule has 0 aliphatic heterocycles. The Hall–Kier alpha value is -0.990. The Bertz CT molecular complexity index is 128. The SMILES string of the molecule is CC(=O)C(=N)CC=O. The lowest BCUT2D eigenvalue weighted by atomic mass is 10.2. The number of aldehydes is 1. The van der Waals surface area contributed by atoms with E-state index in [1.165, 1.54) is 6.92 Å². The predicted molar refractivity (Wildman–Crippen MR) is 29.1 cm³/mol. The number of carbonyl (C=O) groups is 2. The van der Waals surface area contributed by atoms with Gasteiger partial charge >= 0.3 is 0 Å². The van der Waals surface area contributed by atoms with Crippen LogP contribution in [0.4, 0.5) is 0 Å². The highest BCUT2D eigenvalue weighted by atomic mass is 16.1. The Kier molecular flexibility index (Phi) is 2.69. The first-order valence-corrected chi connectivity index (χ1v) is 2.20. The van der Waals surface area contributed by atoms with Crippen LogP contribution in [0.5, 0.6) is 0 Å². The fourth-order valence-corrected chi connectivity index (χ4v) is 0.227. The van der Waals surface area contributed by atoms with E-state index in [0.717, 1.165) is 0 Å². The number of rotatable bonds is 3. The second kappa shape index (κ2) is 3.07. The molecule has 0 unspecified atom stereocenters. The Labute approximate surface area is 47.2 Å². The van der Waals surface area contributed by atoms with E-state index in [1.54, 1.807) is 0 Å². The van der Waals surface area contributed by atoms with Gasteiger partial charge in [0.05, 0.1) is 5.71 Å². The minimum atomic E-state index is -0.336. The summed E-state index contributed by atoms with van der Waals surface area (Å²) in [5.41, 5.74) is -0.125. The molecule has 0 radical (unpaired) electrons. The Morgan fingerprint density at radius 3 is 2.38 bits per heavy atom. The molecule has 8 heavy (non-hydrogen) atoms. The molecule has 0 saturated heterocycles. The maximum Gasteiger partial charge on any atom is 0.173 e. The number of carbonyl (C=O) groups excluding carboxylic acids is 2.